The molecule has 1 aromatic heterocycles. The van der Waals surface area contributed by atoms with Crippen molar-refractivity contribution in [3.05, 3.63) is 23.9 Å². The van der Waals surface area contributed by atoms with Crippen molar-refractivity contribution in [3.8, 4) is 0 Å². The van der Waals surface area contributed by atoms with Gasteiger partial charge >= 0.3 is 6.18 Å². The molecule has 0 saturated carbocycles. The number of nitrogens with one attached hydrogen (secondary N) is 1. The van der Waals surface area contributed by atoms with E-state index in [0.717, 1.165) is 24.1 Å². The summed E-state index contributed by atoms with van der Waals surface area (Å²) in [7, 11) is 0. The van der Waals surface area contributed by atoms with Crippen LogP contribution in [0.2, 0.25) is 0 Å². The van der Waals surface area contributed by atoms with Crippen LogP contribution in [-0.4, -0.2) is 23.0 Å². The second-order valence-corrected chi connectivity index (χ2v) is 4.34. The van der Waals surface area contributed by atoms with Crippen LogP contribution < -0.4 is 5.32 Å². The number of nitrogens with zero attached hydrogens (tertiary/aromatic N) is 1. The summed E-state index contributed by atoms with van der Waals surface area (Å²) < 4.78 is 37.2. The van der Waals surface area contributed by atoms with E-state index in [1.807, 2.05) is 13.2 Å². The third kappa shape index (κ3) is 3.92. The van der Waals surface area contributed by atoms with Crippen molar-refractivity contribution in [2.45, 2.75) is 19.1 Å². The van der Waals surface area contributed by atoms with Crippen LogP contribution in [0.1, 0.15) is 12.5 Å². The first-order valence-corrected chi connectivity index (χ1v) is 6.11. The highest BCUT2D eigenvalue weighted by atomic mass is 32.2. The van der Waals surface area contributed by atoms with Crippen LogP contribution in [0.5, 0.6) is 0 Å². The summed E-state index contributed by atoms with van der Waals surface area (Å²) in [5.41, 5.74) is -0.679. The van der Waals surface area contributed by atoms with Crippen molar-refractivity contribution in [3.63, 3.8) is 0 Å². The molecule has 1 N–H and O–H groups in total. The number of anilines is 1. The Morgan fingerprint density at radius 2 is 2.19 bits per heavy atom. The molecule has 0 aliphatic rings. The fourth-order valence-corrected chi connectivity index (χ4v) is 1.81. The Morgan fingerprint density at radius 3 is 2.75 bits per heavy atom. The average molecular weight is 250 g/mol. The van der Waals surface area contributed by atoms with Crippen LogP contribution >= 0.6 is 11.8 Å². The molecule has 1 atom stereocenters. The van der Waals surface area contributed by atoms with Gasteiger partial charge in [-0.2, -0.15) is 24.9 Å². The fraction of sp³-hybridized carbons (Fsp3) is 0.500. The van der Waals surface area contributed by atoms with E-state index < -0.39 is 11.7 Å². The van der Waals surface area contributed by atoms with E-state index in [1.165, 1.54) is 0 Å². The minimum Gasteiger partial charge on any atom is -0.367 e. The molecule has 0 aliphatic heterocycles. The van der Waals surface area contributed by atoms with Gasteiger partial charge in [0, 0.05) is 18.0 Å². The monoisotopic (exact) mass is 250 g/mol. The lowest BCUT2D eigenvalue weighted by molar-refractivity contribution is -0.137. The first-order chi connectivity index (χ1) is 7.43. The van der Waals surface area contributed by atoms with Crippen molar-refractivity contribution in [2.75, 3.05) is 17.3 Å². The van der Waals surface area contributed by atoms with E-state index in [1.54, 1.807) is 11.8 Å². The summed E-state index contributed by atoms with van der Waals surface area (Å²) in [5.74, 6) is 1.08. The number of alkyl halides is 3. The standard InChI is InChI=1S/C10H13F3N2S/c1-7(6-16-2)15-9-5-8(3-4-14-9)10(11,12)13/h3-5,7H,6H2,1-2H3,(H,14,15). The summed E-state index contributed by atoms with van der Waals surface area (Å²) in [6.07, 6.45) is -1.21. The predicted molar refractivity (Wildman–Crippen MR) is 60.7 cm³/mol. The van der Waals surface area contributed by atoms with Crippen molar-refractivity contribution in [2.24, 2.45) is 0 Å². The zero-order valence-electron chi connectivity index (χ0n) is 9.01. The summed E-state index contributed by atoms with van der Waals surface area (Å²) >= 11 is 1.63. The van der Waals surface area contributed by atoms with Gasteiger partial charge in [0.25, 0.3) is 0 Å². The molecule has 0 saturated heterocycles. The molecule has 0 fully saturated rings. The molecule has 1 heterocycles. The van der Waals surface area contributed by atoms with Crippen LogP contribution in [0.3, 0.4) is 0 Å². The van der Waals surface area contributed by atoms with Crippen LogP contribution in [0.15, 0.2) is 18.3 Å². The van der Waals surface area contributed by atoms with E-state index in [-0.39, 0.29) is 11.9 Å². The topological polar surface area (TPSA) is 24.9 Å². The Hall–Kier alpha value is -0.910. The molecule has 0 radical (unpaired) electrons. The minimum atomic E-state index is -4.32. The molecule has 1 rings (SSSR count). The maximum Gasteiger partial charge on any atom is 0.416 e. The van der Waals surface area contributed by atoms with Crippen LogP contribution in [0.25, 0.3) is 0 Å². The largest absolute Gasteiger partial charge is 0.416 e. The van der Waals surface area contributed by atoms with Crippen LogP contribution in [-0.2, 0) is 6.18 Å². The SMILES string of the molecule is CSCC(C)Nc1cc(C(F)(F)F)ccn1. The lowest BCUT2D eigenvalue weighted by atomic mass is 10.2. The highest BCUT2D eigenvalue weighted by Gasteiger charge is 2.30. The van der Waals surface area contributed by atoms with Gasteiger partial charge in [0.05, 0.1) is 5.56 Å². The number of aromatic nitrogens is 1. The number of halogens is 3. The van der Waals surface area contributed by atoms with Gasteiger partial charge in [-0.1, -0.05) is 0 Å². The van der Waals surface area contributed by atoms with Crippen molar-refractivity contribution < 1.29 is 13.2 Å². The maximum absolute atomic E-state index is 12.4. The van der Waals surface area contributed by atoms with E-state index in [4.69, 9.17) is 0 Å². The molecule has 1 unspecified atom stereocenters. The van der Waals surface area contributed by atoms with Gasteiger partial charge in [0.15, 0.2) is 0 Å². The number of hydrogen-bond donors (Lipinski definition) is 1. The molecular weight excluding hydrogens is 237 g/mol. The second-order valence-electron chi connectivity index (χ2n) is 3.43. The van der Waals surface area contributed by atoms with Crippen LogP contribution in [0, 0.1) is 0 Å². The van der Waals surface area contributed by atoms with Gasteiger partial charge in [-0.05, 0) is 25.3 Å². The molecule has 90 valence electrons. The van der Waals surface area contributed by atoms with Gasteiger partial charge in [-0.3, -0.25) is 0 Å². The van der Waals surface area contributed by atoms with Gasteiger partial charge in [-0.15, -0.1) is 0 Å². The molecule has 0 amide bonds. The smallest absolute Gasteiger partial charge is 0.367 e. The molecule has 6 heteroatoms. The molecule has 0 aromatic carbocycles. The van der Waals surface area contributed by atoms with Crippen molar-refractivity contribution in [1.82, 2.24) is 4.98 Å². The molecule has 16 heavy (non-hydrogen) atoms. The number of hydrogen-bond acceptors (Lipinski definition) is 3. The van der Waals surface area contributed by atoms with Crippen molar-refractivity contribution in [1.29, 1.82) is 0 Å². The maximum atomic E-state index is 12.4. The number of thioether (sulfide) groups is 1. The summed E-state index contributed by atoms with van der Waals surface area (Å²) in [4.78, 5) is 3.85. The normalized spacial score (nSPS) is 13.6. The molecular formula is C10H13F3N2S. The molecule has 0 bridgehead atoms. The van der Waals surface area contributed by atoms with E-state index >= 15 is 0 Å². The Labute approximate surface area is 96.6 Å². The van der Waals surface area contributed by atoms with Gasteiger partial charge in [-0.25, -0.2) is 4.98 Å². The highest BCUT2D eigenvalue weighted by molar-refractivity contribution is 7.98. The summed E-state index contributed by atoms with van der Waals surface area (Å²) in [6, 6.07) is 2.08. The second kappa shape index (κ2) is 5.43. The van der Waals surface area contributed by atoms with Gasteiger partial charge in [0.1, 0.15) is 5.82 Å². The number of pyridine rings is 1. The van der Waals surface area contributed by atoms with Crippen molar-refractivity contribution >= 4 is 17.6 Å². The minimum absolute atomic E-state index is 0.0889. The first-order valence-electron chi connectivity index (χ1n) is 4.72. The highest BCUT2D eigenvalue weighted by Crippen LogP contribution is 2.29. The Bertz CT molecular complexity index is 341. The lowest BCUT2D eigenvalue weighted by Crippen LogP contribution is -2.19. The van der Waals surface area contributed by atoms with Crippen LogP contribution in [0.4, 0.5) is 19.0 Å². The first kappa shape index (κ1) is 13.2. The van der Waals surface area contributed by atoms with Gasteiger partial charge in [0.2, 0.25) is 0 Å². The Kier molecular flexibility index (Phi) is 4.46. The quantitative estimate of drug-likeness (QED) is 0.887. The van der Waals surface area contributed by atoms with E-state index in [9.17, 15) is 13.2 Å². The predicted octanol–water partition coefficient (Wildman–Crippen LogP) is 3.26. The van der Waals surface area contributed by atoms with E-state index in [2.05, 4.69) is 10.3 Å². The summed E-state index contributed by atoms with van der Waals surface area (Å²) in [6.45, 7) is 1.90. The van der Waals surface area contributed by atoms with E-state index in [0.29, 0.717) is 0 Å². The number of rotatable bonds is 4. The third-order valence-corrected chi connectivity index (χ3v) is 2.73. The fourth-order valence-electron chi connectivity index (χ4n) is 1.23. The Balaban J connectivity index is 2.75. The zero-order valence-corrected chi connectivity index (χ0v) is 9.82. The summed E-state index contributed by atoms with van der Waals surface area (Å²) in [5, 5.41) is 2.92. The van der Waals surface area contributed by atoms with Gasteiger partial charge < -0.3 is 5.32 Å². The Morgan fingerprint density at radius 1 is 1.50 bits per heavy atom. The molecule has 0 spiro atoms. The third-order valence-electron chi connectivity index (χ3n) is 1.90. The average Bonchev–Trinajstić information content (AvgIpc) is 2.17. The molecule has 2 nitrogen and oxygen atoms in total. The lowest BCUT2D eigenvalue weighted by Gasteiger charge is -2.14. The molecule has 0 aliphatic carbocycles. The molecule has 1 aromatic rings. The zero-order chi connectivity index (χ0) is 12.2.